The van der Waals surface area contributed by atoms with Gasteiger partial charge in [0.1, 0.15) is 0 Å². The van der Waals surface area contributed by atoms with Crippen molar-refractivity contribution in [3.8, 4) is 0 Å². The number of alkyl halides is 3. The number of hydrogen-bond acceptors (Lipinski definition) is 1. The molecule has 0 aromatic heterocycles. The highest BCUT2D eigenvalue weighted by molar-refractivity contribution is 9.10. The van der Waals surface area contributed by atoms with Crippen LogP contribution >= 0.6 is 43.5 Å². The number of benzene rings is 2. The highest BCUT2D eigenvalue weighted by Crippen LogP contribution is 2.37. The summed E-state index contributed by atoms with van der Waals surface area (Å²) in [7, 11) is 0. The molecule has 1 N–H and O–H groups in total. The first-order chi connectivity index (χ1) is 9.77. The largest absolute Gasteiger partial charge is 0.418 e. The van der Waals surface area contributed by atoms with E-state index in [1.165, 1.54) is 6.07 Å². The Morgan fingerprint density at radius 3 is 2.24 bits per heavy atom. The van der Waals surface area contributed by atoms with Crippen molar-refractivity contribution in [2.45, 2.75) is 12.7 Å². The fraction of sp³-hybridized carbons (Fsp3) is 0.143. The van der Waals surface area contributed by atoms with Crippen molar-refractivity contribution in [1.82, 2.24) is 0 Å². The van der Waals surface area contributed by atoms with E-state index in [-0.39, 0.29) is 12.2 Å². The molecule has 0 amide bonds. The minimum absolute atomic E-state index is 0.0182. The molecule has 0 bridgehead atoms. The molecule has 0 atom stereocenters. The summed E-state index contributed by atoms with van der Waals surface area (Å²) in [6, 6.07) is 9.23. The third kappa shape index (κ3) is 4.37. The van der Waals surface area contributed by atoms with Gasteiger partial charge in [-0.15, -0.1) is 0 Å². The van der Waals surface area contributed by atoms with Gasteiger partial charge in [0.25, 0.3) is 0 Å². The first-order valence-electron chi connectivity index (χ1n) is 5.82. The van der Waals surface area contributed by atoms with Gasteiger partial charge in [-0.2, -0.15) is 13.2 Å². The van der Waals surface area contributed by atoms with E-state index in [1.54, 1.807) is 24.3 Å². The summed E-state index contributed by atoms with van der Waals surface area (Å²) in [6.07, 6.45) is -4.42. The third-order valence-electron chi connectivity index (χ3n) is 2.77. The Kier molecular flexibility index (Phi) is 5.22. The van der Waals surface area contributed by atoms with E-state index in [2.05, 4.69) is 37.2 Å². The lowest BCUT2D eigenvalue weighted by Crippen LogP contribution is -2.11. The molecular formula is C14H9Br2ClF3N. The summed E-state index contributed by atoms with van der Waals surface area (Å²) in [5.74, 6) is 0. The molecule has 2 rings (SSSR count). The molecule has 0 saturated heterocycles. The maximum atomic E-state index is 13.0. The lowest BCUT2D eigenvalue weighted by atomic mass is 10.1. The van der Waals surface area contributed by atoms with Gasteiger partial charge in [0.05, 0.1) is 5.56 Å². The monoisotopic (exact) mass is 441 g/mol. The third-order valence-corrected chi connectivity index (χ3v) is 4.11. The molecule has 0 unspecified atom stereocenters. The quantitative estimate of drug-likeness (QED) is 0.571. The van der Waals surface area contributed by atoms with Crippen LogP contribution in [-0.2, 0) is 12.7 Å². The fourth-order valence-corrected chi connectivity index (χ4v) is 2.86. The molecule has 0 heterocycles. The summed E-state index contributed by atoms with van der Waals surface area (Å²) in [4.78, 5) is 0. The van der Waals surface area contributed by atoms with E-state index in [0.717, 1.165) is 16.1 Å². The van der Waals surface area contributed by atoms with Gasteiger partial charge in [-0.25, -0.2) is 0 Å². The van der Waals surface area contributed by atoms with Crippen LogP contribution in [-0.4, -0.2) is 0 Å². The average Bonchev–Trinajstić information content (AvgIpc) is 2.38. The standard InChI is InChI=1S/C14H9Br2ClF3N/c15-9-3-4-13(11(5-9)14(18,19)20)21-7-8-1-2-10(16)6-12(8)17/h1-6,21H,7H2. The Bertz CT molecular complexity index is 659. The van der Waals surface area contributed by atoms with Gasteiger partial charge in [-0.1, -0.05) is 49.5 Å². The normalized spacial score (nSPS) is 11.5. The van der Waals surface area contributed by atoms with Crippen molar-refractivity contribution in [2.75, 3.05) is 5.32 Å². The SMILES string of the molecule is FC(F)(F)c1cc(Br)ccc1NCc1ccc(Br)cc1Cl. The smallest absolute Gasteiger partial charge is 0.380 e. The van der Waals surface area contributed by atoms with Crippen molar-refractivity contribution >= 4 is 49.1 Å². The highest BCUT2D eigenvalue weighted by atomic mass is 79.9. The van der Waals surface area contributed by atoms with Crippen LogP contribution in [0, 0.1) is 0 Å². The molecule has 112 valence electrons. The molecule has 0 radical (unpaired) electrons. The van der Waals surface area contributed by atoms with Gasteiger partial charge < -0.3 is 5.32 Å². The predicted molar refractivity (Wildman–Crippen MR) is 85.6 cm³/mol. The molecule has 0 fully saturated rings. The fourth-order valence-electron chi connectivity index (χ4n) is 1.76. The second-order valence-electron chi connectivity index (χ2n) is 4.28. The molecule has 21 heavy (non-hydrogen) atoms. The van der Waals surface area contributed by atoms with Crippen LogP contribution in [0.15, 0.2) is 45.3 Å². The van der Waals surface area contributed by atoms with E-state index < -0.39 is 11.7 Å². The topological polar surface area (TPSA) is 12.0 Å². The average molecular weight is 443 g/mol. The zero-order valence-electron chi connectivity index (χ0n) is 10.4. The van der Waals surface area contributed by atoms with Crippen molar-refractivity contribution in [2.24, 2.45) is 0 Å². The highest BCUT2D eigenvalue weighted by Gasteiger charge is 2.33. The number of rotatable bonds is 3. The molecule has 2 aromatic rings. The van der Waals surface area contributed by atoms with Gasteiger partial charge >= 0.3 is 6.18 Å². The van der Waals surface area contributed by atoms with E-state index in [4.69, 9.17) is 11.6 Å². The second kappa shape index (κ2) is 6.58. The number of nitrogens with one attached hydrogen (secondary N) is 1. The molecule has 2 aromatic carbocycles. The van der Waals surface area contributed by atoms with Crippen molar-refractivity contribution in [3.63, 3.8) is 0 Å². The van der Waals surface area contributed by atoms with Crippen LogP contribution in [0.3, 0.4) is 0 Å². The predicted octanol–water partition coefficient (Wildman–Crippen LogP) is 6.50. The number of halogens is 6. The van der Waals surface area contributed by atoms with Gasteiger partial charge in [-0.05, 0) is 35.9 Å². The Morgan fingerprint density at radius 2 is 1.62 bits per heavy atom. The van der Waals surface area contributed by atoms with E-state index in [0.29, 0.717) is 9.50 Å². The zero-order chi connectivity index (χ0) is 15.6. The Balaban J connectivity index is 2.24. The summed E-state index contributed by atoms with van der Waals surface area (Å²) < 4.78 is 40.2. The van der Waals surface area contributed by atoms with Crippen LogP contribution in [0.1, 0.15) is 11.1 Å². The first kappa shape index (κ1) is 16.6. The van der Waals surface area contributed by atoms with Gasteiger partial charge in [-0.3, -0.25) is 0 Å². The first-order valence-corrected chi connectivity index (χ1v) is 7.78. The number of anilines is 1. The van der Waals surface area contributed by atoms with Crippen LogP contribution in [0.2, 0.25) is 5.02 Å². The summed E-state index contributed by atoms with van der Waals surface area (Å²) in [5, 5.41) is 3.27. The molecule has 0 aliphatic rings. The molecule has 0 spiro atoms. The van der Waals surface area contributed by atoms with Crippen LogP contribution in [0.5, 0.6) is 0 Å². The van der Waals surface area contributed by atoms with Crippen LogP contribution in [0.25, 0.3) is 0 Å². The van der Waals surface area contributed by atoms with Gasteiger partial charge in [0.2, 0.25) is 0 Å². The van der Waals surface area contributed by atoms with E-state index in [1.807, 2.05) is 0 Å². The van der Waals surface area contributed by atoms with E-state index in [9.17, 15) is 13.2 Å². The van der Waals surface area contributed by atoms with Crippen molar-refractivity contribution in [3.05, 3.63) is 61.5 Å². The molecule has 0 saturated carbocycles. The lowest BCUT2D eigenvalue weighted by Gasteiger charge is -2.15. The van der Waals surface area contributed by atoms with Crippen molar-refractivity contribution < 1.29 is 13.2 Å². The summed E-state index contributed by atoms with van der Waals surface area (Å²) in [5.41, 5.74) is 0.0192. The molecular weight excluding hydrogens is 434 g/mol. The Labute approximate surface area is 141 Å². The van der Waals surface area contributed by atoms with Gasteiger partial charge in [0.15, 0.2) is 0 Å². The van der Waals surface area contributed by atoms with Crippen LogP contribution in [0.4, 0.5) is 18.9 Å². The van der Waals surface area contributed by atoms with Crippen LogP contribution < -0.4 is 5.32 Å². The minimum atomic E-state index is -4.42. The summed E-state index contributed by atoms with van der Waals surface area (Å²) >= 11 is 12.4. The zero-order valence-corrected chi connectivity index (χ0v) is 14.4. The Hall–Kier alpha value is -0.720. The summed E-state index contributed by atoms with van der Waals surface area (Å²) in [6.45, 7) is 0.205. The maximum absolute atomic E-state index is 13.0. The van der Waals surface area contributed by atoms with E-state index >= 15 is 0 Å². The molecule has 0 aliphatic heterocycles. The molecule has 1 nitrogen and oxygen atoms in total. The van der Waals surface area contributed by atoms with Gasteiger partial charge in [0, 0.05) is 26.2 Å². The minimum Gasteiger partial charge on any atom is -0.380 e. The molecule has 0 aliphatic carbocycles. The molecule has 7 heteroatoms. The maximum Gasteiger partial charge on any atom is 0.418 e. The number of hydrogen-bond donors (Lipinski definition) is 1. The second-order valence-corrected chi connectivity index (χ2v) is 6.52. The van der Waals surface area contributed by atoms with Crippen molar-refractivity contribution in [1.29, 1.82) is 0 Å². The lowest BCUT2D eigenvalue weighted by molar-refractivity contribution is -0.137. The Morgan fingerprint density at radius 1 is 1.00 bits per heavy atom.